The highest BCUT2D eigenvalue weighted by Crippen LogP contribution is 2.40. The van der Waals surface area contributed by atoms with E-state index in [0.29, 0.717) is 24.4 Å². The zero-order valence-corrected chi connectivity index (χ0v) is 29.5. The summed E-state index contributed by atoms with van der Waals surface area (Å²) in [6.07, 6.45) is 3.61. The number of hydrogen-bond donors (Lipinski definition) is 3. The highest BCUT2D eigenvalue weighted by atomic mass is 32.2. The predicted molar refractivity (Wildman–Crippen MR) is 203 cm³/mol. The van der Waals surface area contributed by atoms with Crippen molar-refractivity contribution < 1.29 is 24.1 Å². The Kier molecular flexibility index (Phi) is 11.3. The number of para-hydroxylation sites is 1. The number of rotatable bonds is 12. The maximum absolute atomic E-state index is 12.8. The van der Waals surface area contributed by atoms with E-state index in [9.17, 15) is 9.90 Å². The summed E-state index contributed by atoms with van der Waals surface area (Å²) in [5, 5.41) is 16.3. The molecule has 1 saturated heterocycles. The number of hydrogen-bond acceptors (Lipinski definition) is 7. The predicted octanol–water partition coefficient (Wildman–Crippen LogP) is 9.03. The second-order valence-corrected chi connectivity index (χ2v) is 13.5. The number of benzene rings is 5. The van der Waals surface area contributed by atoms with Crippen LogP contribution in [-0.4, -0.2) is 32.5 Å². The van der Waals surface area contributed by atoms with E-state index in [-0.39, 0.29) is 24.8 Å². The Morgan fingerprint density at radius 1 is 0.846 bits per heavy atom. The molecule has 2 amide bonds. The lowest BCUT2D eigenvalue weighted by molar-refractivity contribution is -0.245. The molecule has 0 unspecified atom stereocenters. The first-order chi connectivity index (χ1) is 25.5. The minimum atomic E-state index is -0.573. The molecule has 52 heavy (non-hydrogen) atoms. The topological polar surface area (TPSA) is 107 Å². The number of anilines is 1. The summed E-state index contributed by atoms with van der Waals surface area (Å²) in [5.74, 6) is 2.17. The number of urea groups is 1. The van der Waals surface area contributed by atoms with E-state index < -0.39 is 6.29 Å². The number of thioether (sulfide) groups is 1. The monoisotopic (exact) mass is 712 g/mol. The molecule has 0 radical (unpaired) electrons. The lowest BCUT2D eigenvalue weighted by Gasteiger charge is -2.36. The third-order valence-corrected chi connectivity index (χ3v) is 9.94. The number of nitrogens with zero attached hydrogens (tertiary/aromatic N) is 2. The van der Waals surface area contributed by atoms with Crippen molar-refractivity contribution in [3.05, 3.63) is 162 Å². The van der Waals surface area contributed by atoms with Gasteiger partial charge in [-0.1, -0.05) is 90.6 Å². The van der Waals surface area contributed by atoms with E-state index in [1.54, 1.807) is 18.0 Å². The van der Waals surface area contributed by atoms with Crippen LogP contribution in [0.1, 0.15) is 41.1 Å². The van der Waals surface area contributed by atoms with Crippen molar-refractivity contribution in [2.75, 3.05) is 11.1 Å². The highest BCUT2D eigenvalue weighted by Gasteiger charge is 2.32. The maximum atomic E-state index is 12.8. The van der Waals surface area contributed by atoms with Gasteiger partial charge in [0.15, 0.2) is 11.4 Å². The Morgan fingerprint density at radius 2 is 1.60 bits per heavy atom. The molecule has 1 fully saturated rings. The number of aliphatic hydroxyl groups is 1. The number of imidazole rings is 1. The fourth-order valence-corrected chi connectivity index (χ4v) is 6.95. The Labute approximate surface area is 307 Å². The van der Waals surface area contributed by atoms with Crippen molar-refractivity contribution in [3.8, 4) is 22.6 Å². The molecule has 2 heterocycles. The van der Waals surface area contributed by atoms with E-state index in [1.165, 1.54) is 0 Å². The van der Waals surface area contributed by atoms with Crippen molar-refractivity contribution in [1.82, 2.24) is 14.9 Å². The molecule has 0 aliphatic carbocycles. The molecule has 10 heteroatoms. The number of aliphatic hydroxyl groups excluding tert-OH is 1. The quantitative estimate of drug-likeness (QED) is 0.109. The van der Waals surface area contributed by atoms with Crippen LogP contribution in [0.25, 0.3) is 11.1 Å². The lowest BCUT2D eigenvalue weighted by atomic mass is 9.99. The molecule has 7 rings (SSSR count). The number of nitrogens with one attached hydrogen (secondary N) is 2. The summed E-state index contributed by atoms with van der Waals surface area (Å²) in [6, 6.07) is 40.8. The molecule has 3 atom stereocenters. The fourth-order valence-electron chi connectivity index (χ4n) is 6.00. The van der Waals surface area contributed by atoms with Crippen LogP contribution in [0, 0.1) is 0 Å². The van der Waals surface area contributed by atoms with Crippen molar-refractivity contribution in [1.29, 1.82) is 0 Å². The zero-order valence-electron chi connectivity index (χ0n) is 28.7. The molecule has 264 valence electrons. The van der Waals surface area contributed by atoms with Gasteiger partial charge in [0.2, 0.25) is 0 Å². The molecular weight excluding hydrogens is 673 g/mol. The molecule has 1 aliphatic rings. The van der Waals surface area contributed by atoms with E-state index in [2.05, 4.69) is 39.9 Å². The summed E-state index contributed by atoms with van der Waals surface area (Å²) >= 11 is 1.67. The van der Waals surface area contributed by atoms with Crippen LogP contribution < -0.4 is 15.4 Å². The average molecular weight is 713 g/mol. The van der Waals surface area contributed by atoms with Gasteiger partial charge in [-0.25, -0.2) is 9.78 Å². The van der Waals surface area contributed by atoms with Gasteiger partial charge in [-0.05, 0) is 76.3 Å². The Balaban J connectivity index is 1.00. The molecule has 0 saturated carbocycles. The normalized spacial score (nSPS) is 17.0. The third kappa shape index (κ3) is 9.09. The van der Waals surface area contributed by atoms with Gasteiger partial charge in [-0.3, -0.25) is 0 Å². The highest BCUT2D eigenvalue weighted by molar-refractivity contribution is 7.99. The molecule has 0 spiro atoms. The molecular formula is C42H40N4O5S. The summed E-state index contributed by atoms with van der Waals surface area (Å²) in [6.45, 7) is 0.355. The molecule has 1 aromatic heterocycles. The van der Waals surface area contributed by atoms with Gasteiger partial charge in [0.1, 0.15) is 11.5 Å². The minimum absolute atomic E-state index is 0.00178. The number of carbonyl (C=O) groups excluding carboxylic acids is 1. The number of aromatic nitrogens is 2. The first kappa shape index (κ1) is 35.0. The van der Waals surface area contributed by atoms with Crippen LogP contribution in [-0.2, 0) is 29.7 Å². The Bertz CT molecular complexity index is 2070. The van der Waals surface area contributed by atoms with Gasteiger partial charge < -0.3 is 34.5 Å². The molecule has 3 N–H and O–H groups in total. The Morgan fingerprint density at radius 3 is 2.35 bits per heavy atom. The van der Waals surface area contributed by atoms with E-state index in [4.69, 9.17) is 14.2 Å². The van der Waals surface area contributed by atoms with Gasteiger partial charge in [-0.2, -0.15) is 0 Å². The van der Waals surface area contributed by atoms with Gasteiger partial charge in [0.25, 0.3) is 0 Å². The first-order valence-corrected chi connectivity index (χ1v) is 18.2. The summed E-state index contributed by atoms with van der Waals surface area (Å²) < 4.78 is 21.0. The van der Waals surface area contributed by atoms with Gasteiger partial charge in [0.05, 0.1) is 18.8 Å². The summed E-state index contributed by atoms with van der Waals surface area (Å²) in [7, 11) is 1.99. The number of carbonyl (C=O) groups is 1. The number of aryl methyl sites for hydroxylation is 1. The van der Waals surface area contributed by atoms with Crippen molar-refractivity contribution in [3.63, 3.8) is 0 Å². The summed E-state index contributed by atoms with van der Waals surface area (Å²) in [4.78, 5) is 17.2. The molecule has 1 aliphatic heterocycles. The van der Waals surface area contributed by atoms with E-state index >= 15 is 0 Å². The van der Waals surface area contributed by atoms with Gasteiger partial charge in [-0.15, -0.1) is 0 Å². The van der Waals surface area contributed by atoms with E-state index in [0.717, 1.165) is 50.0 Å². The maximum Gasteiger partial charge on any atom is 0.319 e. The van der Waals surface area contributed by atoms with Crippen LogP contribution in [0.3, 0.4) is 0 Å². The van der Waals surface area contributed by atoms with Crippen LogP contribution in [0.2, 0.25) is 0 Å². The van der Waals surface area contributed by atoms with Crippen LogP contribution in [0.5, 0.6) is 11.5 Å². The van der Waals surface area contributed by atoms with E-state index in [1.807, 2.05) is 121 Å². The van der Waals surface area contributed by atoms with Crippen molar-refractivity contribution in [2.24, 2.45) is 7.05 Å². The molecule has 5 aromatic carbocycles. The number of amides is 2. The lowest BCUT2D eigenvalue weighted by Crippen LogP contribution is -2.31. The van der Waals surface area contributed by atoms with Crippen LogP contribution >= 0.6 is 11.8 Å². The van der Waals surface area contributed by atoms with Crippen molar-refractivity contribution in [2.45, 2.75) is 43.2 Å². The molecule has 6 aromatic rings. The number of ether oxygens (including phenoxy) is 3. The zero-order chi connectivity index (χ0) is 35.7. The van der Waals surface area contributed by atoms with Crippen molar-refractivity contribution >= 4 is 23.5 Å². The average Bonchev–Trinajstić information content (AvgIpc) is 3.61. The first-order valence-electron chi connectivity index (χ1n) is 17.2. The van der Waals surface area contributed by atoms with Gasteiger partial charge in [0, 0.05) is 49.4 Å². The third-order valence-electron chi connectivity index (χ3n) is 8.75. The smallest absolute Gasteiger partial charge is 0.319 e. The Hall–Kier alpha value is -5.39. The minimum Gasteiger partial charge on any atom is -0.457 e. The second kappa shape index (κ2) is 16.8. The summed E-state index contributed by atoms with van der Waals surface area (Å²) in [5.41, 5.74) is 6.49. The molecule has 0 bridgehead atoms. The fraction of sp³-hybridized carbons (Fsp3) is 0.190. The van der Waals surface area contributed by atoms with Gasteiger partial charge >= 0.3 is 6.03 Å². The SMILES string of the molecule is Cn1ccnc1SC[C@H]1C[C@@H](c2ccc(CO)cc2)O[C@@H](c2cccc(-c3cccc(CNC(=O)Nc4ccc(Oc5ccccc5)cc4)c3)c2)O1. The molecule has 9 nitrogen and oxygen atoms in total. The standard InChI is InChI=1S/C42H40N4O5S/c1-46-22-21-43-42(46)52-28-38-25-39(31-15-13-29(27-47)14-16-31)51-40(50-38)34-10-6-9-33(24-34)32-8-5-7-30(23-32)26-44-41(48)45-35-17-19-37(20-18-35)49-36-11-3-2-4-12-36/h2-24,38-40,47H,25-28H2,1H3,(H2,44,45,48)/t38-,39+,40+/m1/s1. The largest absolute Gasteiger partial charge is 0.457 e. The van der Waals surface area contributed by atoms with Crippen LogP contribution in [0.4, 0.5) is 10.5 Å². The van der Waals surface area contributed by atoms with Crippen LogP contribution in [0.15, 0.2) is 145 Å². The second-order valence-electron chi connectivity index (χ2n) is 12.6.